The molecule has 2 fully saturated rings. The van der Waals surface area contributed by atoms with Gasteiger partial charge in [0.05, 0.1) is 11.4 Å². The van der Waals surface area contributed by atoms with E-state index in [-0.39, 0.29) is 5.91 Å². The van der Waals surface area contributed by atoms with E-state index in [4.69, 9.17) is 0 Å². The molecule has 130 valence electrons. The number of likely N-dealkylation sites (tertiary alicyclic amines) is 1. The topological polar surface area (TPSA) is 46.1 Å². The Labute approximate surface area is 149 Å². The van der Waals surface area contributed by atoms with E-state index < -0.39 is 0 Å². The third-order valence-electron chi connectivity index (χ3n) is 5.80. The average molecular weight is 335 g/mol. The van der Waals surface area contributed by atoms with Crippen molar-refractivity contribution in [2.45, 2.75) is 39.0 Å². The SMILES string of the molecule is Cc1ccc(-c2ccc(C(=O)N3CCC4CCCCC4C3)cc2)nn1. The summed E-state index contributed by atoms with van der Waals surface area (Å²) in [4.78, 5) is 14.9. The maximum atomic E-state index is 12.9. The van der Waals surface area contributed by atoms with E-state index in [2.05, 4.69) is 15.1 Å². The minimum atomic E-state index is 0.172. The van der Waals surface area contributed by atoms with Crippen LogP contribution in [0.4, 0.5) is 0 Å². The summed E-state index contributed by atoms with van der Waals surface area (Å²) in [6.45, 7) is 3.77. The minimum absolute atomic E-state index is 0.172. The van der Waals surface area contributed by atoms with Crippen LogP contribution in [0.3, 0.4) is 0 Å². The van der Waals surface area contributed by atoms with Crippen molar-refractivity contribution in [3.63, 3.8) is 0 Å². The van der Waals surface area contributed by atoms with Gasteiger partial charge in [0.15, 0.2) is 0 Å². The van der Waals surface area contributed by atoms with Crippen molar-refractivity contribution < 1.29 is 4.79 Å². The van der Waals surface area contributed by atoms with Crippen LogP contribution in [-0.2, 0) is 0 Å². The molecule has 0 spiro atoms. The Kier molecular flexibility index (Phi) is 4.51. The van der Waals surface area contributed by atoms with E-state index in [1.165, 1.54) is 32.1 Å². The molecule has 4 nitrogen and oxygen atoms in total. The van der Waals surface area contributed by atoms with Crippen LogP contribution in [0.5, 0.6) is 0 Å². The second-order valence-corrected chi connectivity index (χ2v) is 7.48. The molecule has 1 aromatic heterocycles. The van der Waals surface area contributed by atoms with E-state index in [1.807, 2.05) is 43.3 Å². The quantitative estimate of drug-likeness (QED) is 0.830. The van der Waals surface area contributed by atoms with Crippen LogP contribution in [0.1, 0.15) is 48.2 Å². The maximum absolute atomic E-state index is 12.9. The van der Waals surface area contributed by atoms with Crippen molar-refractivity contribution in [1.29, 1.82) is 0 Å². The summed E-state index contributed by atoms with van der Waals surface area (Å²) in [5.74, 6) is 1.74. The molecule has 1 saturated carbocycles. The van der Waals surface area contributed by atoms with Crippen molar-refractivity contribution in [1.82, 2.24) is 15.1 Å². The summed E-state index contributed by atoms with van der Waals surface area (Å²) in [5.41, 5.74) is 3.52. The molecule has 2 atom stereocenters. The van der Waals surface area contributed by atoms with Gasteiger partial charge in [-0.25, -0.2) is 0 Å². The Morgan fingerprint density at radius 3 is 2.44 bits per heavy atom. The molecule has 0 bridgehead atoms. The smallest absolute Gasteiger partial charge is 0.253 e. The zero-order chi connectivity index (χ0) is 17.2. The van der Waals surface area contributed by atoms with Gasteiger partial charge in [-0.05, 0) is 55.9 Å². The number of aryl methyl sites for hydroxylation is 1. The predicted molar refractivity (Wildman–Crippen MR) is 98.2 cm³/mol. The highest BCUT2D eigenvalue weighted by Gasteiger charge is 2.33. The zero-order valence-corrected chi connectivity index (χ0v) is 14.8. The first-order valence-electron chi connectivity index (χ1n) is 9.41. The fraction of sp³-hybridized carbons (Fsp3) is 0.476. The Balaban J connectivity index is 1.46. The lowest BCUT2D eigenvalue weighted by atomic mass is 9.75. The van der Waals surface area contributed by atoms with Gasteiger partial charge in [0.25, 0.3) is 5.91 Å². The normalized spacial score (nSPS) is 23.2. The van der Waals surface area contributed by atoms with Crippen molar-refractivity contribution >= 4 is 5.91 Å². The number of nitrogens with zero attached hydrogens (tertiary/aromatic N) is 3. The molecule has 1 aromatic carbocycles. The van der Waals surface area contributed by atoms with Crippen LogP contribution >= 0.6 is 0 Å². The average Bonchev–Trinajstić information content (AvgIpc) is 2.68. The highest BCUT2D eigenvalue weighted by Crippen LogP contribution is 2.36. The van der Waals surface area contributed by atoms with Gasteiger partial charge in [0.2, 0.25) is 0 Å². The van der Waals surface area contributed by atoms with Gasteiger partial charge in [0, 0.05) is 24.2 Å². The number of carbonyl (C=O) groups is 1. The maximum Gasteiger partial charge on any atom is 0.253 e. The van der Waals surface area contributed by atoms with Crippen molar-refractivity contribution in [2.24, 2.45) is 11.8 Å². The first-order valence-corrected chi connectivity index (χ1v) is 9.41. The van der Waals surface area contributed by atoms with E-state index >= 15 is 0 Å². The third kappa shape index (κ3) is 3.44. The summed E-state index contributed by atoms with van der Waals surface area (Å²) >= 11 is 0. The van der Waals surface area contributed by atoms with Crippen LogP contribution < -0.4 is 0 Å². The van der Waals surface area contributed by atoms with Gasteiger partial charge in [-0.1, -0.05) is 31.4 Å². The monoisotopic (exact) mass is 335 g/mol. The molecule has 1 amide bonds. The van der Waals surface area contributed by atoms with E-state index in [0.29, 0.717) is 5.92 Å². The van der Waals surface area contributed by atoms with Crippen LogP contribution in [0.2, 0.25) is 0 Å². The Hall–Kier alpha value is -2.23. The van der Waals surface area contributed by atoms with Gasteiger partial charge in [-0.2, -0.15) is 10.2 Å². The molecule has 2 aromatic rings. The first kappa shape index (κ1) is 16.2. The van der Waals surface area contributed by atoms with Gasteiger partial charge >= 0.3 is 0 Å². The lowest BCUT2D eigenvalue weighted by Gasteiger charge is -2.41. The van der Waals surface area contributed by atoms with Crippen LogP contribution in [-0.4, -0.2) is 34.1 Å². The summed E-state index contributed by atoms with van der Waals surface area (Å²) in [7, 11) is 0. The highest BCUT2D eigenvalue weighted by molar-refractivity contribution is 5.94. The van der Waals surface area contributed by atoms with Gasteiger partial charge in [-0.15, -0.1) is 0 Å². The molecule has 2 unspecified atom stereocenters. The van der Waals surface area contributed by atoms with E-state index in [0.717, 1.165) is 41.5 Å². The fourth-order valence-corrected chi connectivity index (χ4v) is 4.30. The number of piperidine rings is 1. The Morgan fingerprint density at radius 2 is 1.72 bits per heavy atom. The number of carbonyl (C=O) groups excluding carboxylic acids is 1. The lowest BCUT2D eigenvalue weighted by molar-refractivity contribution is 0.0521. The van der Waals surface area contributed by atoms with Crippen molar-refractivity contribution in [3.05, 3.63) is 47.7 Å². The molecule has 0 N–H and O–H groups in total. The third-order valence-corrected chi connectivity index (χ3v) is 5.80. The van der Waals surface area contributed by atoms with Crippen molar-refractivity contribution in [3.8, 4) is 11.3 Å². The molecular weight excluding hydrogens is 310 g/mol. The van der Waals surface area contributed by atoms with Gasteiger partial charge in [0.1, 0.15) is 0 Å². The number of aromatic nitrogens is 2. The number of hydrogen-bond donors (Lipinski definition) is 0. The summed E-state index contributed by atoms with van der Waals surface area (Å²) < 4.78 is 0. The molecule has 1 saturated heterocycles. The molecule has 1 aliphatic carbocycles. The number of amides is 1. The first-order chi connectivity index (χ1) is 12.2. The Morgan fingerprint density at radius 1 is 0.960 bits per heavy atom. The summed E-state index contributed by atoms with van der Waals surface area (Å²) in [5, 5.41) is 8.31. The van der Waals surface area contributed by atoms with Crippen LogP contribution in [0, 0.1) is 18.8 Å². The second-order valence-electron chi connectivity index (χ2n) is 7.48. The Bertz CT molecular complexity index is 739. The summed E-state index contributed by atoms with van der Waals surface area (Å²) in [6.07, 6.45) is 6.53. The second kappa shape index (κ2) is 6.95. The van der Waals surface area contributed by atoms with Crippen LogP contribution in [0.25, 0.3) is 11.3 Å². The molecule has 4 heteroatoms. The molecule has 2 heterocycles. The molecule has 0 radical (unpaired) electrons. The number of benzene rings is 1. The molecule has 4 rings (SSSR count). The number of rotatable bonds is 2. The van der Waals surface area contributed by atoms with E-state index in [9.17, 15) is 4.79 Å². The predicted octanol–water partition coefficient (Wildman–Crippen LogP) is 4.10. The molecular formula is C21H25N3O. The van der Waals surface area contributed by atoms with Gasteiger partial charge < -0.3 is 4.90 Å². The molecule has 1 aliphatic heterocycles. The van der Waals surface area contributed by atoms with E-state index in [1.54, 1.807) is 0 Å². The highest BCUT2D eigenvalue weighted by atomic mass is 16.2. The van der Waals surface area contributed by atoms with Crippen LogP contribution in [0.15, 0.2) is 36.4 Å². The fourth-order valence-electron chi connectivity index (χ4n) is 4.30. The largest absolute Gasteiger partial charge is 0.338 e. The summed E-state index contributed by atoms with van der Waals surface area (Å²) in [6, 6.07) is 11.7. The lowest BCUT2D eigenvalue weighted by Crippen LogP contribution is -2.44. The molecule has 25 heavy (non-hydrogen) atoms. The van der Waals surface area contributed by atoms with Gasteiger partial charge in [-0.3, -0.25) is 4.79 Å². The minimum Gasteiger partial charge on any atom is -0.338 e. The van der Waals surface area contributed by atoms with Crippen molar-refractivity contribution in [2.75, 3.05) is 13.1 Å². The number of fused-ring (bicyclic) bond motifs is 1. The standard InChI is InChI=1S/C21H25N3O/c1-15-6-11-20(23-22-15)17-7-9-18(10-8-17)21(25)24-13-12-16-4-2-3-5-19(16)14-24/h6-11,16,19H,2-5,12-14H2,1H3. The zero-order valence-electron chi connectivity index (χ0n) is 14.8. The molecule has 2 aliphatic rings. The number of hydrogen-bond acceptors (Lipinski definition) is 3.